The van der Waals surface area contributed by atoms with Crippen LogP contribution < -0.4 is 4.72 Å². The predicted molar refractivity (Wildman–Crippen MR) is 104 cm³/mol. The maximum Gasteiger partial charge on any atom is 0.350 e. The number of thiophene rings is 2. The summed E-state index contributed by atoms with van der Waals surface area (Å²) in [5.74, 6) is -1.05. The monoisotopic (exact) mass is 475 g/mol. The van der Waals surface area contributed by atoms with Crippen molar-refractivity contribution in [2.75, 3.05) is 11.8 Å². The van der Waals surface area contributed by atoms with E-state index in [1.54, 1.807) is 18.2 Å². The number of methoxy groups -OCH3 is 1. The van der Waals surface area contributed by atoms with E-state index >= 15 is 0 Å². The summed E-state index contributed by atoms with van der Waals surface area (Å²) in [5, 5.41) is 0. The highest BCUT2D eigenvalue weighted by Gasteiger charge is 2.24. The standard InChI is InChI=1S/C16H11BrFNO4S3/c1-23-16(20)15-11(19-26(21,22)14-7-6-13(17)25-14)8-12(24-15)9-2-4-10(18)5-3-9/h2-8,19H,1H3. The first-order valence-corrected chi connectivity index (χ1v) is 11.0. The van der Waals surface area contributed by atoms with Gasteiger partial charge in [0.15, 0.2) is 0 Å². The van der Waals surface area contributed by atoms with Crippen LogP contribution in [-0.2, 0) is 14.8 Å². The Balaban J connectivity index is 2.02. The van der Waals surface area contributed by atoms with Gasteiger partial charge in [-0.25, -0.2) is 17.6 Å². The lowest BCUT2D eigenvalue weighted by molar-refractivity contribution is 0.0607. The lowest BCUT2D eigenvalue weighted by Gasteiger charge is -2.06. The van der Waals surface area contributed by atoms with Gasteiger partial charge in [0.1, 0.15) is 14.9 Å². The van der Waals surface area contributed by atoms with Gasteiger partial charge in [0.2, 0.25) is 0 Å². The maximum absolute atomic E-state index is 13.1. The lowest BCUT2D eigenvalue weighted by Crippen LogP contribution is -2.13. The molecule has 0 unspecified atom stereocenters. The number of rotatable bonds is 5. The SMILES string of the molecule is COC(=O)c1sc(-c2ccc(F)cc2)cc1NS(=O)(=O)c1ccc(Br)s1. The van der Waals surface area contributed by atoms with Crippen LogP contribution in [0.2, 0.25) is 0 Å². The topological polar surface area (TPSA) is 72.5 Å². The van der Waals surface area contributed by atoms with E-state index in [1.807, 2.05) is 0 Å². The molecule has 0 saturated carbocycles. The van der Waals surface area contributed by atoms with Crippen molar-refractivity contribution in [2.24, 2.45) is 0 Å². The van der Waals surface area contributed by atoms with E-state index in [0.717, 1.165) is 22.7 Å². The Morgan fingerprint density at radius 3 is 2.42 bits per heavy atom. The molecule has 1 aromatic carbocycles. The molecule has 0 fully saturated rings. The number of benzene rings is 1. The maximum atomic E-state index is 13.1. The van der Waals surface area contributed by atoms with Gasteiger partial charge in [-0.1, -0.05) is 12.1 Å². The van der Waals surface area contributed by atoms with E-state index in [1.165, 1.54) is 31.4 Å². The zero-order valence-electron chi connectivity index (χ0n) is 13.2. The number of ether oxygens (including phenoxy) is 1. The van der Waals surface area contributed by atoms with Crippen LogP contribution >= 0.6 is 38.6 Å². The van der Waals surface area contributed by atoms with E-state index in [0.29, 0.717) is 14.2 Å². The van der Waals surface area contributed by atoms with Crippen molar-refractivity contribution >= 4 is 60.3 Å². The van der Waals surface area contributed by atoms with Crippen LogP contribution in [0.15, 0.2) is 50.5 Å². The van der Waals surface area contributed by atoms with Crippen molar-refractivity contribution in [1.82, 2.24) is 0 Å². The third kappa shape index (κ3) is 3.98. The number of sulfonamides is 1. The predicted octanol–water partition coefficient (Wildman–Crippen LogP) is 4.97. The van der Waals surface area contributed by atoms with Crippen molar-refractivity contribution in [3.63, 3.8) is 0 Å². The number of carbonyl (C=O) groups is 1. The highest BCUT2D eigenvalue weighted by atomic mass is 79.9. The molecule has 2 heterocycles. The second kappa shape index (κ2) is 7.47. The van der Waals surface area contributed by atoms with Crippen molar-refractivity contribution in [1.29, 1.82) is 0 Å². The van der Waals surface area contributed by atoms with Gasteiger partial charge in [-0.15, -0.1) is 22.7 Å². The molecule has 0 aliphatic carbocycles. The summed E-state index contributed by atoms with van der Waals surface area (Å²) in [6, 6.07) is 10.3. The average molecular weight is 476 g/mol. The molecule has 0 amide bonds. The fourth-order valence-electron chi connectivity index (χ4n) is 2.10. The summed E-state index contributed by atoms with van der Waals surface area (Å²) in [5.41, 5.74) is 0.775. The molecule has 26 heavy (non-hydrogen) atoms. The van der Waals surface area contributed by atoms with E-state index in [4.69, 9.17) is 4.74 Å². The number of anilines is 1. The van der Waals surface area contributed by atoms with Gasteiger partial charge in [0.05, 0.1) is 16.6 Å². The zero-order chi connectivity index (χ0) is 18.9. The summed E-state index contributed by atoms with van der Waals surface area (Å²) in [6.45, 7) is 0. The Morgan fingerprint density at radius 1 is 1.15 bits per heavy atom. The molecule has 3 aromatic rings. The number of halogens is 2. The fraction of sp³-hybridized carbons (Fsp3) is 0.0625. The van der Waals surface area contributed by atoms with E-state index in [-0.39, 0.29) is 20.6 Å². The first-order valence-electron chi connectivity index (χ1n) is 7.06. The number of hydrogen-bond acceptors (Lipinski definition) is 6. The molecular weight excluding hydrogens is 465 g/mol. The molecule has 3 rings (SSSR count). The molecule has 0 atom stereocenters. The second-order valence-corrected chi connectivity index (χ2v) is 10.4. The second-order valence-electron chi connectivity index (χ2n) is 5.02. The molecule has 5 nitrogen and oxygen atoms in total. The highest BCUT2D eigenvalue weighted by Crippen LogP contribution is 2.37. The number of hydrogen-bond donors (Lipinski definition) is 1. The third-order valence-corrected chi connectivity index (χ3v) is 7.93. The van der Waals surface area contributed by atoms with Gasteiger partial charge in [0.25, 0.3) is 10.0 Å². The van der Waals surface area contributed by atoms with Crippen LogP contribution in [0, 0.1) is 5.82 Å². The van der Waals surface area contributed by atoms with Gasteiger partial charge in [-0.2, -0.15) is 0 Å². The molecular formula is C16H11BrFNO4S3. The lowest BCUT2D eigenvalue weighted by atomic mass is 10.2. The molecule has 0 saturated heterocycles. The molecule has 136 valence electrons. The summed E-state index contributed by atoms with van der Waals surface area (Å²) in [4.78, 5) is 12.8. The van der Waals surface area contributed by atoms with Crippen molar-refractivity contribution < 1.29 is 22.3 Å². The zero-order valence-corrected chi connectivity index (χ0v) is 17.2. The Hall–Kier alpha value is -1.75. The van der Waals surface area contributed by atoms with Crippen LogP contribution in [0.4, 0.5) is 10.1 Å². The first-order chi connectivity index (χ1) is 12.3. The number of nitrogens with one attached hydrogen (secondary N) is 1. The Morgan fingerprint density at radius 2 is 1.85 bits per heavy atom. The normalized spacial score (nSPS) is 11.3. The van der Waals surface area contributed by atoms with Crippen LogP contribution in [0.25, 0.3) is 10.4 Å². The van der Waals surface area contributed by atoms with Crippen LogP contribution in [0.3, 0.4) is 0 Å². The van der Waals surface area contributed by atoms with Crippen molar-refractivity contribution in [3.05, 3.63) is 56.9 Å². The molecule has 0 aliphatic rings. The van der Waals surface area contributed by atoms with Gasteiger partial charge in [-0.3, -0.25) is 4.72 Å². The van der Waals surface area contributed by atoms with E-state index in [9.17, 15) is 17.6 Å². The van der Waals surface area contributed by atoms with Crippen molar-refractivity contribution in [3.8, 4) is 10.4 Å². The fourth-order valence-corrected chi connectivity index (χ4v) is 6.28. The minimum Gasteiger partial charge on any atom is -0.465 e. The van der Waals surface area contributed by atoms with Crippen molar-refractivity contribution in [2.45, 2.75) is 4.21 Å². The molecule has 0 radical (unpaired) electrons. The number of carbonyl (C=O) groups excluding carboxylic acids is 1. The van der Waals surface area contributed by atoms with Crippen LogP contribution in [0.5, 0.6) is 0 Å². The van der Waals surface area contributed by atoms with Gasteiger partial charge in [0, 0.05) is 4.88 Å². The van der Waals surface area contributed by atoms with Crippen LogP contribution in [0.1, 0.15) is 9.67 Å². The summed E-state index contributed by atoms with van der Waals surface area (Å²) >= 11 is 5.34. The largest absolute Gasteiger partial charge is 0.465 e. The van der Waals surface area contributed by atoms with Gasteiger partial charge >= 0.3 is 5.97 Å². The van der Waals surface area contributed by atoms with Gasteiger partial charge in [-0.05, 0) is 51.8 Å². The highest BCUT2D eigenvalue weighted by molar-refractivity contribution is 9.11. The number of esters is 1. The molecule has 0 spiro atoms. The Bertz CT molecular complexity index is 1060. The van der Waals surface area contributed by atoms with E-state index in [2.05, 4.69) is 20.7 Å². The Labute approximate surface area is 165 Å². The summed E-state index contributed by atoms with van der Waals surface area (Å²) in [7, 11) is -2.64. The summed E-state index contributed by atoms with van der Waals surface area (Å²) in [6.07, 6.45) is 0. The molecule has 1 N–H and O–H groups in total. The minimum atomic E-state index is -3.85. The molecule has 2 aromatic heterocycles. The minimum absolute atomic E-state index is 0.106. The third-order valence-electron chi connectivity index (χ3n) is 3.29. The molecule has 10 heteroatoms. The Kier molecular flexibility index (Phi) is 5.47. The van der Waals surface area contributed by atoms with Crippen LogP contribution in [-0.4, -0.2) is 21.5 Å². The first kappa shape index (κ1) is 19.0. The van der Waals surface area contributed by atoms with Gasteiger partial charge < -0.3 is 4.74 Å². The molecule has 0 aliphatic heterocycles. The summed E-state index contributed by atoms with van der Waals surface area (Å²) < 4.78 is 46.2. The quantitative estimate of drug-likeness (QED) is 0.528. The van der Waals surface area contributed by atoms with E-state index < -0.39 is 16.0 Å². The smallest absolute Gasteiger partial charge is 0.350 e. The molecule has 0 bridgehead atoms. The average Bonchev–Trinajstić information content (AvgIpc) is 3.21.